The molecule has 24 heavy (non-hydrogen) atoms. The molecule has 3 aromatic rings. The first kappa shape index (κ1) is 15.8. The lowest BCUT2D eigenvalue weighted by atomic mass is 10.1. The van der Waals surface area contributed by atoms with Crippen LogP contribution >= 0.6 is 0 Å². The Morgan fingerprint density at radius 1 is 1.25 bits per heavy atom. The van der Waals surface area contributed by atoms with Gasteiger partial charge in [0.1, 0.15) is 11.4 Å². The highest BCUT2D eigenvalue weighted by atomic mass is 16.5. The van der Waals surface area contributed by atoms with Gasteiger partial charge in [0.2, 0.25) is 0 Å². The lowest BCUT2D eigenvalue weighted by Crippen LogP contribution is -2.13. The van der Waals surface area contributed by atoms with Gasteiger partial charge in [-0.2, -0.15) is 5.10 Å². The Bertz CT molecular complexity index is 871. The van der Waals surface area contributed by atoms with Crippen LogP contribution < -0.4 is 10.1 Å². The van der Waals surface area contributed by atoms with Crippen molar-refractivity contribution in [3.05, 3.63) is 47.3 Å². The minimum absolute atomic E-state index is 0.221. The zero-order chi connectivity index (χ0) is 17.3. The van der Waals surface area contributed by atoms with Gasteiger partial charge in [0.05, 0.1) is 7.11 Å². The number of carbonyl (C=O) groups excluding carboxylic acids is 1. The fraction of sp³-hybridized carbons (Fsp3) is 0.235. The number of nitrogens with zero attached hydrogens (tertiary/aromatic N) is 3. The molecule has 2 N–H and O–H groups in total. The Balaban J connectivity index is 1.81. The molecule has 7 heteroatoms. The van der Waals surface area contributed by atoms with Gasteiger partial charge < -0.3 is 14.6 Å². The van der Waals surface area contributed by atoms with Crippen LogP contribution in [0.1, 0.15) is 21.5 Å². The monoisotopic (exact) mass is 325 g/mol. The molecular formula is C17H19N5O2. The number of aryl methyl sites for hydroxylation is 3. The third-order valence-electron chi connectivity index (χ3n) is 3.81. The van der Waals surface area contributed by atoms with Crippen LogP contribution in [-0.4, -0.2) is 32.8 Å². The first-order valence-electron chi connectivity index (χ1n) is 7.49. The van der Waals surface area contributed by atoms with Gasteiger partial charge in [-0.15, -0.1) is 0 Å². The molecule has 1 amide bonds. The molecule has 0 spiro atoms. The van der Waals surface area contributed by atoms with Crippen LogP contribution in [-0.2, 0) is 7.05 Å². The summed E-state index contributed by atoms with van der Waals surface area (Å²) in [6.45, 7) is 3.83. The molecule has 0 saturated heterocycles. The molecule has 0 aliphatic carbocycles. The Morgan fingerprint density at radius 2 is 1.96 bits per heavy atom. The van der Waals surface area contributed by atoms with Crippen molar-refractivity contribution in [3.8, 4) is 17.3 Å². The number of aromatic amines is 1. The molecule has 1 aromatic carbocycles. The first-order chi connectivity index (χ1) is 11.5. The average molecular weight is 325 g/mol. The molecule has 0 saturated carbocycles. The molecule has 0 bridgehead atoms. The fourth-order valence-corrected chi connectivity index (χ4v) is 2.72. The van der Waals surface area contributed by atoms with Crippen molar-refractivity contribution in [1.82, 2.24) is 19.7 Å². The molecule has 0 radical (unpaired) electrons. The molecule has 2 aromatic heterocycles. The van der Waals surface area contributed by atoms with Gasteiger partial charge in [-0.1, -0.05) is 0 Å². The number of anilines is 1. The molecule has 7 nitrogen and oxygen atoms in total. The Labute approximate surface area is 139 Å². The molecule has 0 aliphatic rings. The number of rotatable bonds is 4. The van der Waals surface area contributed by atoms with Crippen molar-refractivity contribution in [1.29, 1.82) is 0 Å². The number of hydrogen-bond acceptors (Lipinski definition) is 4. The van der Waals surface area contributed by atoms with Crippen LogP contribution in [0.15, 0.2) is 30.6 Å². The molecule has 0 fully saturated rings. The smallest absolute Gasteiger partial charge is 0.256 e. The van der Waals surface area contributed by atoms with Crippen LogP contribution in [0.2, 0.25) is 0 Å². The number of amides is 1. The summed E-state index contributed by atoms with van der Waals surface area (Å²) in [7, 11) is 3.52. The summed E-state index contributed by atoms with van der Waals surface area (Å²) in [6, 6.07) is 5.35. The molecular weight excluding hydrogens is 306 g/mol. The summed E-state index contributed by atoms with van der Waals surface area (Å²) in [4.78, 5) is 16.7. The largest absolute Gasteiger partial charge is 0.496 e. The standard InChI is InChI=1S/C17H19N5O2/c1-10-7-12(8-11(2)15(10)24-4)17(23)19-14-9-13(20-21-14)16-18-5-6-22(16)3/h5-9H,1-4H3,(H2,19,20,21,23). The summed E-state index contributed by atoms with van der Waals surface area (Å²) in [5, 5.41) is 9.79. The van der Waals surface area contributed by atoms with Gasteiger partial charge in [-0.3, -0.25) is 9.89 Å². The lowest BCUT2D eigenvalue weighted by molar-refractivity contribution is 0.102. The van der Waals surface area contributed by atoms with E-state index in [0.29, 0.717) is 11.4 Å². The average Bonchev–Trinajstić information content (AvgIpc) is 3.15. The van der Waals surface area contributed by atoms with E-state index in [1.807, 2.05) is 31.7 Å². The van der Waals surface area contributed by atoms with Crippen LogP contribution in [0, 0.1) is 13.8 Å². The normalized spacial score (nSPS) is 10.7. The number of benzene rings is 1. The number of methoxy groups -OCH3 is 1. The third kappa shape index (κ3) is 2.88. The number of ether oxygens (including phenoxy) is 1. The SMILES string of the molecule is COc1c(C)cc(C(=O)Nc2cc(-c3nccn3C)[nH]n2)cc1C. The maximum absolute atomic E-state index is 12.5. The second kappa shape index (κ2) is 6.19. The zero-order valence-corrected chi connectivity index (χ0v) is 14.0. The van der Waals surface area contributed by atoms with E-state index in [1.54, 1.807) is 31.5 Å². The number of nitrogens with one attached hydrogen (secondary N) is 2. The van der Waals surface area contributed by atoms with Crippen LogP contribution in [0.3, 0.4) is 0 Å². The van der Waals surface area contributed by atoms with Crippen molar-refractivity contribution >= 4 is 11.7 Å². The van der Waals surface area contributed by atoms with Gasteiger partial charge in [-0.25, -0.2) is 4.98 Å². The van der Waals surface area contributed by atoms with E-state index in [1.165, 1.54) is 0 Å². The molecule has 2 heterocycles. The van der Waals surface area contributed by atoms with Crippen molar-refractivity contribution < 1.29 is 9.53 Å². The van der Waals surface area contributed by atoms with Crippen molar-refractivity contribution in [2.24, 2.45) is 7.05 Å². The van der Waals surface area contributed by atoms with E-state index in [-0.39, 0.29) is 5.91 Å². The van der Waals surface area contributed by atoms with Crippen LogP contribution in [0.4, 0.5) is 5.82 Å². The van der Waals surface area contributed by atoms with E-state index in [9.17, 15) is 4.79 Å². The van der Waals surface area contributed by atoms with E-state index in [4.69, 9.17) is 4.74 Å². The van der Waals surface area contributed by atoms with E-state index < -0.39 is 0 Å². The van der Waals surface area contributed by atoms with Crippen molar-refractivity contribution in [2.75, 3.05) is 12.4 Å². The number of carbonyl (C=O) groups is 1. The predicted molar refractivity (Wildman–Crippen MR) is 91.2 cm³/mol. The minimum Gasteiger partial charge on any atom is -0.496 e. The van der Waals surface area contributed by atoms with Gasteiger partial charge in [-0.05, 0) is 37.1 Å². The Morgan fingerprint density at radius 3 is 2.54 bits per heavy atom. The van der Waals surface area contributed by atoms with E-state index >= 15 is 0 Å². The maximum atomic E-state index is 12.5. The molecule has 0 unspecified atom stereocenters. The van der Waals surface area contributed by atoms with Crippen LogP contribution in [0.5, 0.6) is 5.75 Å². The summed E-state index contributed by atoms with van der Waals surface area (Å²) in [6.07, 6.45) is 3.55. The highest BCUT2D eigenvalue weighted by Crippen LogP contribution is 2.25. The Hall–Kier alpha value is -3.09. The lowest BCUT2D eigenvalue weighted by Gasteiger charge is -2.10. The zero-order valence-electron chi connectivity index (χ0n) is 14.0. The second-order valence-electron chi connectivity index (χ2n) is 5.63. The maximum Gasteiger partial charge on any atom is 0.256 e. The van der Waals surface area contributed by atoms with Gasteiger partial charge >= 0.3 is 0 Å². The highest BCUT2D eigenvalue weighted by molar-refractivity contribution is 6.04. The van der Waals surface area contributed by atoms with E-state index in [2.05, 4.69) is 20.5 Å². The topological polar surface area (TPSA) is 84.8 Å². The summed E-state index contributed by atoms with van der Waals surface area (Å²) in [5.74, 6) is 1.77. The van der Waals surface area contributed by atoms with Gasteiger partial charge in [0.25, 0.3) is 5.91 Å². The number of aromatic nitrogens is 4. The van der Waals surface area contributed by atoms with Crippen molar-refractivity contribution in [2.45, 2.75) is 13.8 Å². The van der Waals surface area contributed by atoms with Crippen molar-refractivity contribution in [3.63, 3.8) is 0 Å². The second-order valence-corrected chi connectivity index (χ2v) is 5.63. The summed E-state index contributed by atoms with van der Waals surface area (Å²) < 4.78 is 7.20. The molecule has 124 valence electrons. The Kier molecular flexibility index (Phi) is 4.07. The highest BCUT2D eigenvalue weighted by Gasteiger charge is 2.14. The predicted octanol–water partition coefficient (Wildman–Crippen LogP) is 2.69. The summed E-state index contributed by atoms with van der Waals surface area (Å²) >= 11 is 0. The van der Waals surface area contributed by atoms with Gasteiger partial charge in [0.15, 0.2) is 11.6 Å². The summed E-state index contributed by atoms with van der Waals surface area (Å²) in [5.41, 5.74) is 3.13. The number of hydrogen-bond donors (Lipinski definition) is 2. The fourth-order valence-electron chi connectivity index (χ4n) is 2.72. The van der Waals surface area contributed by atoms with Crippen LogP contribution in [0.25, 0.3) is 11.5 Å². The molecule has 0 aliphatic heterocycles. The van der Waals surface area contributed by atoms with Gasteiger partial charge in [0, 0.05) is 31.1 Å². The number of H-pyrrole nitrogens is 1. The third-order valence-corrected chi connectivity index (χ3v) is 3.81. The quantitative estimate of drug-likeness (QED) is 0.772. The van der Waals surface area contributed by atoms with E-state index in [0.717, 1.165) is 28.4 Å². The molecule has 0 atom stereocenters. The molecule has 3 rings (SSSR count). The first-order valence-corrected chi connectivity index (χ1v) is 7.49. The minimum atomic E-state index is -0.221. The number of imidazole rings is 1.